The quantitative estimate of drug-likeness (QED) is 0.726. The summed E-state index contributed by atoms with van der Waals surface area (Å²) >= 11 is 0. The van der Waals surface area contributed by atoms with Gasteiger partial charge < -0.3 is 4.74 Å². The van der Waals surface area contributed by atoms with Crippen molar-refractivity contribution in [3.8, 4) is 11.1 Å². The van der Waals surface area contributed by atoms with Crippen LogP contribution in [0.3, 0.4) is 0 Å². The van der Waals surface area contributed by atoms with Gasteiger partial charge in [0.05, 0.1) is 12.7 Å². The predicted octanol–water partition coefficient (Wildman–Crippen LogP) is 5.51. The highest BCUT2D eigenvalue weighted by Crippen LogP contribution is 2.33. The maximum Gasteiger partial charge on any atom is 0.126 e. The van der Waals surface area contributed by atoms with Crippen LogP contribution in [0, 0.1) is 17.6 Å². The highest BCUT2D eigenvalue weighted by atomic mass is 19.1. The molecule has 116 valence electrons. The molecule has 1 fully saturated rings. The molecule has 3 rings (SSSR count). The number of hydrogen-bond acceptors (Lipinski definition) is 1. The third kappa shape index (κ3) is 3.36. The van der Waals surface area contributed by atoms with Gasteiger partial charge in [-0.05, 0) is 47.6 Å². The Labute approximate surface area is 129 Å². The fourth-order valence-corrected chi connectivity index (χ4v) is 3.00. The van der Waals surface area contributed by atoms with Crippen LogP contribution in [0.2, 0.25) is 0 Å². The molecule has 2 aromatic carbocycles. The average molecular weight is 302 g/mol. The first-order valence-electron chi connectivity index (χ1n) is 7.83. The average Bonchev–Trinajstić information content (AvgIpc) is 2.54. The van der Waals surface area contributed by atoms with Gasteiger partial charge in [-0.15, -0.1) is 0 Å². The van der Waals surface area contributed by atoms with E-state index in [2.05, 4.69) is 6.92 Å². The highest BCUT2D eigenvalue weighted by Gasteiger charge is 2.21. The molecule has 2 aromatic rings. The van der Waals surface area contributed by atoms with Gasteiger partial charge in [0.25, 0.3) is 0 Å². The first-order valence-corrected chi connectivity index (χ1v) is 7.83. The molecule has 0 saturated carbocycles. The largest absolute Gasteiger partial charge is 0.373 e. The predicted molar refractivity (Wildman–Crippen MR) is 83.5 cm³/mol. The first-order chi connectivity index (χ1) is 10.7. The Morgan fingerprint density at radius 2 is 1.64 bits per heavy atom. The van der Waals surface area contributed by atoms with E-state index in [0.29, 0.717) is 11.5 Å². The lowest BCUT2D eigenvalue weighted by Gasteiger charge is -2.28. The van der Waals surface area contributed by atoms with Crippen molar-refractivity contribution in [3.63, 3.8) is 0 Å². The van der Waals surface area contributed by atoms with Crippen LogP contribution in [-0.2, 0) is 4.74 Å². The van der Waals surface area contributed by atoms with E-state index < -0.39 is 11.6 Å². The highest BCUT2D eigenvalue weighted by molar-refractivity contribution is 5.63. The Morgan fingerprint density at radius 3 is 2.18 bits per heavy atom. The van der Waals surface area contributed by atoms with Crippen molar-refractivity contribution in [1.82, 2.24) is 0 Å². The lowest BCUT2D eigenvalue weighted by atomic mass is 9.92. The van der Waals surface area contributed by atoms with Gasteiger partial charge >= 0.3 is 0 Å². The molecule has 0 N–H and O–H groups in total. The number of ether oxygens (including phenoxy) is 1. The van der Waals surface area contributed by atoms with Gasteiger partial charge in [0, 0.05) is 6.07 Å². The zero-order valence-electron chi connectivity index (χ0n) is 12.7. The van der Waals surface area contributed by atoms with Crippen LogP contribution in [0.4, 0.5) is 8.78 Å². The monoisotopic (exact) mass is 302 g/mol. The van der Waals surface area contributed by atoms with Crippen LogP contribution >= 0.6 is 0 Å². The second kappa shape index (κ2) is 6.57. The normalized spacial score (nSPS) is 21.8. The summed E-state index contributed by atoms with van der Waals surface area (Å²) in [6.07, 6.45) is 3.53. The van der Waals surface area contributed by atoms with Gasteiger partial charge in [0.15, 0.2) is 0 Å². The Kier molecular flexibility index (Phi) is 4.53. The molecule has 1 nitrogen and oxygen atoms in total. The second-order valence-electron chi connectivity index (χ2n) is 5.95. The summed E-state index contributed by atoms with van der Waals surface area (Å²) < 4.78 is 32.5. The van der Waals surface area contributed by atoms with Crippen LogP contribution in [0.1, 0.15) is 37.9 Å². The van der Waals surface area contributed by atoms with E-state index in [1.807, 2.05) is 24.3 Å². The Hall–Kier alpha value is -1.74. The van der Waals surface area contributed by atoms with Gasteiger partial charge in [-0.3, -0.25) is 0 Å². The molecule has 1 heterocycles. The molecule has 1 aliphatic rings. The van der Waals surface area contributed by atoms with Crippen molar-refractivity contribution in [2.75, 3.05) is 6.61 Å². The molecular weight excluding hydrogens is 282 g/mol. The van der Waals surface area contributed by atoms with E-state index in [1.165, 1.54) is 18.6 Å². The molecule has 22 heavy (non-hydrogen) atoms. The fraction of sp³-hybridized carbons (Fsp3) is 0.368. The van der Waals surface area contributed by atoms with Gasteiger partial charge in [0.2, 0.25) is 0 Å². The minimum atomic E-state index is -0.555. The van der Waals surface area contributed by atoms with Crippen LogP contribution in [0.5, 0.6) is 0 Å². The van der Waals surface area contributed by atoms with Crippen LogP contribution < -0.4 is 0 Å². The minimum absolute atomic E-state index is 0.140. The lowest BCUT2D eigenvalue weighted by Crippen LogP contribution is -2.20. The summed E-state index contributed by atoms with van der Waals surface area (Å²) in [5.41, 5.74) is 2.50. The van der Waals surface area contributed by atoms with Crippen molar-refractivity contribution in [2.24, 2.45) is 5.92 Å². The second-order valence-corrected chi connectivity index (χ2v) is 5.95. The van der Waals surface area contributed by atoms with E-state index in [-0.39, 0.29) is 6.10 Å². The molecule has 2 unspecified atom stereocenters. The number of benzene rings is 2. The summed E-state index contributed by atoms with van der Waals surface area (Å²) in [6.45, 7) is 3.01. The Morgan fingerprint density at radius 1 is 0.955 bits per heavy atom. The third-order valence-corrected chi connectivity index (χ3v) is 4.43. The fourth-order valence-electron chi connectivity index (χ4n) is 3.00. The molecular formula is C19H20F2O. The molecule has 1 aliphatic heterocycles. The van der Waals surface area contributed by atoms with Crippen molar-refractivity contribution >= 4 is 0 Å². The topological polar surface area (TPSA) is 9.23 Å². The van der Waals surface area contributed by atoms with Crippen LogP contribution in [0.15, 0.2) is 42.5 Å². The summed E-state index contributed by atoms with van der Waals surface area (Å²) in [7, 11) is 0. The Balaban J connectivity index is 1.75. The Bertz CT molecular complexity index is 608. The molecule has 3 heteroatoms. The molecule has 0 aliphatic carbocycles. The zero-order chi connectivity index (χ0) is 15.5. The zero-order valence-corrected chi connectivity index (χ0v) is 12.7. The van der Waals surface area contributed by atoms with Crippen LogP contribution in [-0.4, -0.2) is 6.61 Å². The first kappa shape index (κ1) is 15.2. The van der Waals surface area contributed by atoms with E-state index in [1.54, 1.807) is 0 Å². The summed E-state index contributed by atoms with van der Waals surface area (Å²) in [5.74, 6) is -0.439. The van der Waals surface area contributed by atoms with Gasteiger partial charge in [-0.25, -0.2) is 8.78 Å². The molecule has 0 aromatic heterocycles. The van der Waals surface area contributed by atoms with Crippen molar-refractivity contribution in [2.45, 2.75) is 32.3 Å². The number of rotatable bonds is 3. The lowest BCUT2D eigenvalue weighted by molar-refractivity contribution is -0.0180. The molecule has 0 spiro atoms. The molecule has 0 radical (unpaired) electrons. The SMILES string of the molecule is CCC1CCC(c2ccc(-c3cc(F)cc(F)c3)cc2)OC1. The van der Waals surface area contributed by atoms with Gasteiger partial charge in [0.1, 0.15) is 11.6 Å². The van der Waals surface area contributed by atoms with E-state index in [9.17, 15) is 8.78 Å². The summed E-state index contributed by atoms with van der Waals surface area (Å²) in [5, 5.41) is 0. The van der Waals surface area contributed by atoms with E-state index in [0.717, 1.165) is 36.6 Å². The minimum Gasteiger partial charge on any atom is -0.373 e. The summed E-state index contributed by atoms with van der Waals surface area (Å²) in [4.78, 5) is 0. The molecule has 2 atom stereocenters. The number of hydrogen-bond donors (Lipinski definition) is 0. The van der Waals surface area contributed by atoms with E-state index >= 15 is 0 Å². The third-order valence-electron chi connectivity index (χ3n) is 4.43. The van der Waals surface area contributed by atoms with Crippen molar-refractivity contribution < 1.29 is 13.5 Å². The number of halogens is 2. The molecule has 0 amide bonds. The van der Waals surface area contributed by atoms with Gasteiger partial charge in [-0.2, -0.15) is 0 Å². The van der Waals surface area contributed by atoms with Crippen molar-refractivity contribution in [1.29, 1.82) is 0 Å². The standard InChI is InChI=1S/C19H20F2O/c1-2-13-3-8-19(22-12-13)15-6-4-14(5-7-15)16-9-17(20)11-18(21)10-16/h4-7,9-11,13,19H,2-3,8,12H2,1H3. The maximum absolute atomic E-state index is 13.3. The molecule has 0 bridgehead atoms. The molecule has 1 saturated heterocycles. The van der Waals surface area contributed by atoms with Gasteiger partial charge in [-0.1, -0.05) is 37.6 Å². The van der Waals surface area contributed by atoms with Crippen LogP contribution in [0.25, 0.3) is 11.1 Å². The smallest absolute Gasteiger partial charge is 0.126 e. The summed E-state index contributed by atoms with van der Waals surface area (Å²) in [6, 6.07) is 11.4. The van der Waals surface area contributed by atoms with E-state index in [4.69, 9.17) is 4.74 Å². The maximum atomic E-state index is 13.3. The van der Waals surface area contributed by atoms with Crippen molar-refractivity contribution in [3.05, 3.63) is 59.7 Å².